The molecule has 94 valence electrons. The lowest BCUT2D eigenvalue weighted by Crippen LogP contribution is -2.44. The van der Waals surface area contributed by atoms with Crippen molar-refractivity contribution in [3.05, 3.63) is 28.0 Å². The van der Waals surface area contributed by atoms with Crippen LogP contribution in [-0.2, 0) is 5.54 Å². The fourth-order valence-corrected chi connectivity index (χ4v) is 2.51. The summed E-state index contributed by atoms with van der Waals surface area (Å²) >= 11 is 11.6. The molecule has 0 saturated heterocycles. The van der Waals surface area contributed by atoms with Crippen LogP contribution in [0, 0.1) is 0 Å². The summed E-state index contributed by atoms with van der Waals surface area (Å²) in [6, 6.07) is 3.09. The fourth-order valence-electron chi connectivity index (χ4n) is 2.04. The molecule has 6 heteroatoms. The van der Waals surface area contributed by atoms with Crippen molar-refractivity contribution >= 4 is 23.2 Å². The van der Waals surface area contributed by atoms with Gasteiger partial charge in [0.2, 0.25) is 5.92 Å². The molecular formula is C11H12Cl2F2N2. The van der Waals surface area contributed by atoms with E-state index < -0.39 is 11.5 Å². The second-order valence-corrected chi connectivity index (χ2v) is 5.33. The molecule has 1 saturated carbocycles. The second-order valence-electron chi connectivity index (χ2n) is 4.51. The van der Waals surface area contributed by atoms with E-state index in [1.807, 2.05) is 0 Å². The van der Waals surface area contributed by atoms with Gasteiger partial charge in [-0.25, -0.2) is 13.8 Å². The van der Waals surface area contributed by atoms with Gasteiger partial charge in [0.15, 0.2) is 0 Å². The van der Waals surface area contributed by atoms with Gasteiger partial charge in [0, 0.05) is 17.9 Å². The van der Waals surface area contributed by atoms with Crippen LogP contribution < -0.4 is 5.73 Å². The first-order valence-corrected chi connectivity index (χ1v) is 6.07. The molecule has 2 N–H and O–H groups in total. The molecule has 1 aromatic heterocycles. The molecule has 1 heterocycles. The molecule has 0 spiro atoms. The number of rotatable bonds is 1. The van der Waals surface area contributed by atoms with E-state index in [1.165, 1.54) is 6.07 Å². The summed E-state index contributed by atoms with van der Waals surface area (Å²) in [5.74, 6) is -2.62. The number of halogens is 4. The Morgan fingerprint density at radius 1 is 1.12 bits per heavy atom. The third kappa shape index (κ3) is 2.87. The van der Waals surface area contributed by atoms with Gasteiger partial charge in [-0.05, 0) is 25.0 Å². The quantitative estimate of drug-likeness (QED) is 0.796. The monoisotopic (exact) mass is 280 g/mol. The van der Waals surface area contributed by atoms with Gasteiger partial charge in [-0.15, -0.1) is 0 Å². The molecule has 0 amide bonds. The zero-order chi connectivity index (χ0) is 12.7. The summed E-state index contributed by atoms with van der Waals surface area (Å²) in [6.45, 7) is 0. The lowest BCUT2D eigenvalue weighted by molar-refractivity contribution is -0.0519. The van der Waals surface area contributed by atoms with Crippen molar-refractivity contribution in [3.63, 3.8) is 0 Å². The topological polar surface area (TPSA) is 38.9 Å². The van der Waals surface area contributed by atoms with Crippen LogP contribution in [0.3, 0.4) is 0 Å². The Morgan fingerprint density at radius 3 is 2.24 bits per heavy atom. The third-order valence-electron chi connectivity index (χ3n) is 3.14. The molecule has 0 radical (unpaired) electrons. The first-order valence-electron chi connectivity index (χ1n) is 5.31. The highest BCUT2D eigenvalue weighted by Gasteiger charge is 2.42. The molecule has 17 heavy (non-hydrogen) atoms. The molecule has 2 rings (SSSR count). The van der Waals surface area contributed by atoms with E-state index in [0.717, 1.165) is 0 Å². The normalized spacial score (nSPS) is 22.4. The SMILES string of the molecule is NC1(c2cc(Cl)cc(Cl)n2)CCC(F)(F)CC1. The number of aromatic nitrogens is 1. The fraction of sp³-hybridized carbons (Fsp3) is 0.545. The maximum absolute atomic E-state index is 13.1. The highest BCUT2D eigenvalue weighted by Crippen LogP contribution is 2.42. The zero-order valence-corrected chi connectivity index (χ0v) is 10.5. The molecular weight excluding hydrogens is 269 g/mol. The van der Waals surface area contributed by atoms with Crippen LogP contribution in [0.4, 0.5) is 8.78 Å². The molecule has 0 unspecified atom stereocenters. The van der Waals surface area contributed by atoms with E-state index in [-0.39, 0.29) is 30.8 Å². The summed E-state index contributed by atoms with van der Waals surface area (Å²) in [7, 11) is 0. The lowest BCUT2D eigenvalue weighted by Gasteiger charge is -2.36. The Bertz CT molecular complexity index is 407. The lowest BCUT2D eigenvalue weighted by atomic mass is 9.78. The average molecular weight is 281 g/mol. The minimum atomic E-state index is -2.62. The van der Waals surface area contributed by atoms with Crippen LogP contribution in [0.2, 0.25) is 10.2 Å². The summed E-state index contributed by atoms with van der Waals surface area (Å²) in [5.41, 5.74) is 5.77. The molecule has 0 aliphatic heterocycles. The Morgan fingerprint density at radius 2 is 1.71 bits per heavy atom. The molecule has 0 aromatic carbocycles. The molecule has 0 bridgehead atoms. The van der Waals surface area contributed by atoms with E-state index in [4.69, 9.17) is 28.9 Å². The van der Waals surface area contributed by atoms with Gasteiger partial charge >= 0.3 is 0 Å². The van der Waals surface area contributed by atoms with Crippen LogP contribution in [-0.4, -0.2) is 10.9 Å². The highest BCUT2D eigenvalue weighted by atomic mass is 35.5. The van der Waals surface area contributed by atoms with Crippen molar-refractivity contribution in [2.75, 3.05) is 0 Å². The first-order chi connectivity index (χ1) is 7.81. The van der Waals surface area contributed by atoms with Crippen molar-refractivity contribution in [1.29, 1.82) is 0 Å². The van der Waals surface area contributed by atoms with Gasteiger partial charge in [0.1, 0.15) is 5.15 Å². The first kappa shape index (κ1) is 13.0. The van der Waals surface area contributed by atoms with Gasteiger partial charge < -0.3 is 5.73 Å². The molecule has 1 fully saturated rings. The predicted molar refractivity (Wildman–Crippen MR) is 63.5 cm³/mol. The minimum Gasteiger partial charge on any atom is -0.320 e. The van der Waals surface area contributed by atoms with Crippen molar-refractivity contribution in [2.45, 2.75) is 37.1 Å². The Labute approximate surface area is 108 Å². The Hall–Kier alpha value is -0.450. The Kier molecular flexibility index (Phi) is 3.31. The minimum absolute atomic E-state index is 0.184. The molecule has 0 atom stereocenters. The molecule has 1 aliphatic rings. The maximum Gasteiger partial charge on any atom is 0.248 e. The number of alkyl halides is 2. The second kappa shape index (κ2) is 4.34. The van der Waals surface area contributed by atoms with Crippen LogP contribution >= 0.6 is 23.2 Å². The van der Waals surface area contributed by atoms with Crippen LogP contribution in [0.1, 0.15) is 31.4 Å². The van der Waals surface area contributed by atoms with Crippen LogP contribution in [0.25, 0.3) is 0 Å². The van der Waals surface area contributed by atoms with E-state index in [9.17, 15) is 8.78 Å². The van der Waals surface area contributed by atoms with Crippen molar-refractivity contribution in [1.82, 2.24) is 4.98 Å². The highest BCUT2D eigenvalue weighted by molar-refractivity contribution is 6.33. The van der Waals surface area contributed by atoms with E-state index in [0.29, 0.717) is 10.7 Å². The summed E-state index contributed by atoms with van der Waals surface area (Å²) in [5, 5.41) is 0.650. The van der Waals surface area contributed by atoms with Crippen molar-refractivity contribution in [2.24, 2.45) is 5.73 Å². The predicted octanol–water partition coefficient (Wildman–Crippen LogP) is 3.75. The van der Waals surface area contributed by atoms with Gasteiger partial charge in [0.25, 0.3) is 0 Å². The number of hydrogen-bond acceptors (Lipinski definition) is 2. The number of pyridine rings is 1. The van der Waals surface area contributed by atoms with E-state index >= 15 is 0 Å². The smallest absolute Gasteiger partial charge is 0.248 e. The van der Waals surface area contributed by atoms with Gasteiger partial charge in [-0.1, -0.05) is 23.2 Å². The average Bonchev–Trinajstić information content (AvgIpc) is 2.22. The maximum atomic E-state index is 13.1. The number of nitrogens with zero attached hydrogens (tertiary/aromatic N) is 1. The standard InChI is InChI=1S/C11H12Cl2F2N2/c12-7-5-8(17-9(13)6-7)10(16)1-3-11(14,15)4-2-10/h5-6H,1-4,16H2. The van der Waals surface area contributed by atoms with Gasteiger partial charge in [-0.3, -0.25) is 0 Å². The molecule has 2 nitrogen and oxygen atoms in total. The van der Waals surface area contributed by atoms with E-state index in [2.05, 4.69) is 4.98 Å². The van der Waals surface area contributed by atoms with Crippen LogP contribution in [0.5, 0.6) is 0 Å². The summed E-state index contributed by atoms with van der Waals surface area (Å²) < 4.78 is 26.2. The largest absolute Gasteiger partial charge is 0.320 e. The number of nitrogens with two attached hydrogens (primary N) is 1. The van der Waals surface area contributed by atoms with Crippen LogP contribution in [0.15, 0.2) is 12.1 Å². The third-order valence-corrected chi connectivity index (χ3v) is 3.55. The van der Waals surface area contributed by atoms with Gasteiger partial charge in [-0.2, -0.15) is 0 Å². The molecule has 1 aromatic rings. The Balaban J connectivity index is 2.27. The van der Waals surface area contributed by atoms with Crippen molar-refractivity contribution < 1.29 is 8.78 Å². The van der Waals surface area contributed by atoms with Crippen molar-refractivity contribution in [3.8, 4) is 0 Å². The van der Waals surface area contributed by atoms with E-state index in [1.54, 1.807) is 6.07 Å². The summed E-state index contributed by atoms with van der Waals surface area (Å²) in [6.07, 6.45) is -0.0854. The molecule has 1 aliphatic carbocycles. The zero-order valence-electron chi connectivity index (χ0n) is 9.02. The number of hydrogen-bond donors (Lipinski definition) is 1. The van der Waals surface area contributed by atoms with Gasteiger partial charge in [0.05, 0.1) is 11.2 Å². The summed E-state index contributed by atoms with van der Waals surface area (Å²) in [4.78, 5) is 4.09.